The first-order valence-electron chi connectivity index (χ1n) is 7.72. The predicted molar refractivity (Wildman–Crippen MR) is 83.7 cm³/mol. The quantitative estimate of drug-likeness (QED) is 0.867. The zero-order chi connectivity index (χ0) is 15.0. The van der Waals surface area contributed by atoms with Crippen LogP contribution in [0.25, 0.3) is 11.0 Å². The molecule has 1 saturated heterocycles. The third-order valence-corrected chi connectivity index (χ3v) is 4.36. The number of hydrogen-bond acceptors (Lipinski definition) is 4. The summed E-state index contributed by atoms with van der Waals surface area (Å²) in [6, 6.07) is 3.08. The van der Waals surface area contributed by atoms with E-state index in [2.05, 4.69) is 41.8 Å². The second-order valence-corrected chi connectivity index (χ2v) is 6.30. The van der Waals surface area contributed by atoms with Gasteiger partial charge in [-0.1, -0.05) is 13.8 Å². The van der Waals surface area contributed by atoms with Gasteiger partial charge in [-0.3, -0.25) is 0 Å². The highest BCUT2D eigenvalue weighted by atomic mass is 16.5. The molecule has 2 aromatic heterocycles. The van der Waals surface area contributed by atoms with E-state index in [1.54, 1.807) is 0 Å². The number of likely N-dealkylation sites (N-methyl/N-ethyl adjacent to an activating group) is 1. The van der Waals surface area contributed by atoms with Crippen LogP contribution in [-0.2, 0) is 7.05 Å². The number of rotatable bonds is 4. The first kappa shape index (κ1) is 14.3. The molecule has 1 fully saturated rings. The molecule has 1 aliphatic heterocycles. The van der Waals surface area contributed by atoms with E-state index in [-0.39, 0.29) is 0 Å². The van der Waals surface area contributed by atoms with Crippen molar-refractivity contribution in [3.8, 4) is 6.01 Å². The van der Waals surface area contributed by atoms with E-state index in [0.717, 1.165) is 23.3 Å². The zero-order valence-electron chi connectivity index (χ0n) is 13.3. The molecule has 0 spiro atoms. The van der Waals surface area contributed by atoms with Gasteiger partial charge in [0.15, 0.2) is 0 Å². The normalized spacial score (nSPS) is 19.8. The monoisotopic (exact) mass is 288 g/mol. The van der Waals surface area contributed by atoms with E-state index < -0.39 is 0 Å². The maximum Gasteiger partial charge on any atom is 0.318 e. The molecule has 0 aliphatic carbocycles. The number of likely N-dealkylation sites (tertiary alicyclic amines) is 1. The Morgan fingerprint density at radius 2 is 2.14 bits per heavy atom. The molecule has 21 heavy (non-hydrogen) atoms. The molecule has 0 N–H and O–H groups in total. The van der Waals surface area contributed by atoms with Crippen LogP contribution in [0.3, 0.4) is 0 Å². The molecule has 2 aromatic rings. The highest BCUT2D eigenvalue weighted by Gasteiger charge is 2.22. The molecule has 0 amide bonds. The number of aromatic nitrogens is 3. The Balaban J connectivity index is 1.86. The van der Waals surface area contributed by atoms with Crippen molar-refractivity contribution < 1.29 is 4.74 Å². The zero-order valence-corrected chi connectivity index (χ0v) is 13.3. The molecule has 0 radical (unpaired) electrons. The van der Waals surface area contributed by atoms with Crippen LogP contribution in [0.15, 0.2) is 12.3 Å². The van der Waals surface area contributed by atoms with Crippen molar-refractivity contribution in [2.75, 3.05) is 20.2 Å². The van der Waals surface area contributed by atoms with Crippen LogP contribution in [0, 0.1) is 0 Å². The van der Waals surface area contributed by atoms with Crippen molar-refractivity contribution in [1.82, 2.24) is 19.4 Å². The highest BCUT2D eigenvalue weighted by molar-refractivity contribution is 5.79. The van der Waals surface area contributed by atoms with E-state index in [0.29, 0.717) is 24.6 Å². The second-order valence-electron chi connectivity index (χ2n) is 6.30. The fourth-order valence-corrected chi connectivity index (χ4v) is 3.00. The van der Waals surface area contributed by atoms with E-state index in [1.165, 1.54) is 12.8 Å². The molecule has 5 heteroatoms. The minimum atomic E-state index is 0.356. The van der Waals surface area contributed by atoms with Crippen molar-refractivity contribution >= 4 is 11.0 Å². The summed E-state index contributed by atoms with van der Waals surface area (Å²) in [7, 11) is 4.16. The molecule has 3 rings (SSSR count). The van der Waals surface area contributed by atoms with Gasteiger partial charge in [0.05, 0.1) is 5.69 Å². The van der Waals surface area contributed by atoms with Crippen LogP contribution >= 0.6 is 0 Å². The number of aryl methyl sites for hydroxylation is 1. The number of hydrogen-bond donors (Lipinski definition) is 0. The lowest BCUT2D eigenvalue weighted by molar-refractivity contribution is 0.187. The summed E-state index contributed by atoms with van der Waals surface area (Å²) < 4.78 is 7.93. The lowest BCUT2D eigenvalue weighted by Crippen LogP contribution is -2.31. The fraction of sp³-hybridized carbons (Fsp3) is 0.625. The highest BCUT2D eigenvalue weighted by Crippen LogP contribution is 2.25. The maximum absolute atomic E-state index is 5.91. The average Bonchev–Trinajstić information content (AvgIpc) is 3.02. The molecular weight excluding hydrogens is 264 g/mol. The summed E-state index contributed by atoms with van der Waals surface area (Å²) in [6.07, 6.45) is 4.47. The van der Waals surface area contributed by atoms with Gasteiger partial charge in [0.1, 0.15) is 12.3 Å². The minimum Gasteiger partial charge on any atom is -0.462 e. The fourth-order valence-electron chi connectivity index (χ4n) is 3.00. The molecule has 114 valence electrons. The average molecular weight is 288 g/mol. The molecule has 0 saturated carbocycles. The summed E-state index contributed by atoms with van der Waals surface area (Å²) in [5, 5.41) is 1.12. The molecule has 1 aliphatic rings. The van der Waals surface area contributed by atoms with Gasteiger partial charge < -0.3 is 14.2 Å². The number of fused-ring (bicyclic) bond motifs is 1. The lowest BCUT2D eigenvalue weighted by atomic mass is 10.1. The number of nitrogens with zero attached hydrogens (tertiary/aromatic N) is 4. The molecule has 0 aromatic carbocycles. The minimum absolute atomic E-state index is 0.356. The van der Waals surface area contributed by atoms with E-state index >= 15 is 0 Å². The molecular formula is C16H24N4O. The molecule has 0 unspecified atom stereocenters. The van der Waals surface area contributed by atoms with Crippen molar-refractivity contribution in [1.29, 1.82) is 0 Å². The van der Waals surface area contributed by atoms with Crippen LogP contribution in [0.4, 0.5) is 0 Å². The van der Waals surface area contributed by atoms with E-state index in [1.807, 2.05) is 17.8 Å². The summed E-state index contributed by atoms with van der Waals surface area (Å²) >= 11 is 0. The van der Waals surface area contributed by atoms with Crippen molar-refractivity contribution in [3.63, 3.8) is 0 Å². The van der Waals surface area contributed by atoms with Crippen LogP contribution in [0.5, 0.6) is 6.01 Å². The second kappa shape index (κ2) is 5.64. The van der Waals surface area contributed by atoms with Crippen LogP contribution in [0.2, 0.25) is 0 Å². The topological polar surface area (TPSA) is 43.2 Å². The third kappa shape index (κ3) is 2.75. The van der Waals surface area contributed by atoms with Crippen molar-refractivity contribution in [3.05, 3.63) is 18.0 Å². The molecule has 3 heterocycles. The van der Waals surface area contributed by atoms with Gasteiger partial charge in [-0.05, 0) is 38.4 Å². The molecule has 5 nitrogen and oxygen atoms in total. The van der Waals surface area contributed by atoms with Crippen LogP contribution in [-0.4, -0.2) is 45.7 Å². The lowest BCUT2D eigenvalue weighted by Gasteiger charge is -2.19. The van der Waals surface area contributed by atoms with Crippen molar-refractivity contribution in [2.45, 2.75) is 38.6 Å². The van der Waals surface area contributed by atoms with Gasteiger partial charge in [0.25, 0.3) is 0 Å². The Hall–Kier alpha value is -1.62. The largest absolute Gasteiger partial charge is 0.462 e. The Bertz CT molecular complexity index is 634. The Kier molecular flexibility index (Phi) is 3.85. The SMILES string of the molecule is CC(C)c1nc(OC[C@H]2CCCN2C)nc2c1ccn2C. The Morgan fingerprint density at radius 3 is 2.81 bits per heavy atom. The summed E-state index contributed by atoms with van der Waals surface area (Å²) in [5.41, 5.74) is 2.01. The first-order chi connectivity index (χ1) is 10.1. The van der Waals surface area contributed by atoms with Crippen LogP contribution in [0.1, 0.15) is 38.3 Å². The van der Waals surface area contributed by atoms with Gasteiger partial charge in [-0.25, -0.2) is 0 Å². The summed E-state index contributed by atoms with van der Waals surface area (Å²) in [6.45, 7) is 6.14. The van der Waals surface area contributed by atoms with Gasteiger partial charge >= 0.3 is 6.01 Å². The first-order valence-corrected chi connectivity index (χ1v) is 7.72. The van der Waals surface area contributed by atoms with Gasteiger partial charge in [-0.2, -0.15) is 9.97 Å². The van der Waals surface area contributed by atoms with Crippen molar-refractivity contribution in [2.24, 2.45) is 7.05 Å². The Labute approximate surface area is 125 Å². The molecule has 1 atom stereocenters. The van der Waals surface area contributed by atoms with E-state index in [4.69, 9.17) is 4.74 Å². The maximum atomic E-state index is 5.91. The number of ether oxygens (including phenoxy) is 1. The summed E-state index contributed by atoms with van der Waals surface area (Å²) in [4.78, 5) is 11.6. The van der Waals surface area contributed by atoms with Gasteiger partial charge in [-0.15, -0.1) is 0 Å². The third-order valence-electron chi connectivity index (χ3n) is 4.36. The van der Waals surface area contributed by atoms with Gasteiger partial charge in [0, 0.05) is 24.7 Å². The smallest absolute Gasteiger partial charge is 0.318 e. The van der Waals surface area contributed by atoms with E-state index in [9.17, 15) is 0 Å². The predicted octanol–water partition coefficient (Wildman–Crippen LogP) is 2.56. The Morgan fingerprint density at radius 1 is 1.33 bits per heavy atom. The standard InChI is InChI=1S/C16H24N4O/c1-11(2)14-13-7-9-20(4)15(13)18-16(17-14)21-10-12-6-5-8-19(12)3/h7,9,11-12H,5-6,8,10H2,1-4H3/t12-/m1/s1. The van der Waals surface area contributed by atoms with Crippen LogP contribution < -0.4 is 4.74 Å². The molecule has 0 bridgehead atoms. The van der Waals surface area contributed by atoms with Gasteiger partial charge in [0.2, 0.25) is 0 Å². The summed E-state index contributed by atoms with van der Waals surface area (Å²) in [5.74, 6) is 0.356.